The van der Waals surface area contributed by atoms with Crippen molar-refractivity contribution in [2.45, 2.75) is 51.6 Å². The fourth-order valence-electron chi connectivity index (χ4n) is 1.56. The van der Waals surface area contributed by atoms with E-state index >= 15 is 0 Å². The number of hydrogen-bond donors (Lipinski definition) is 0. The summed E-state index contributed by atoms with van der Waals surface area (Å²) in [6.45, 7) is 3.20. The third-order valence-electron chi connectivity index (χ3n) is 2.38. The van der Waals surface area contributed by atoms with Gasteiger partial charge in [0.05, 0.1) is 6.10 Å². The minimum absolute atomic E-state index is 0.433. The summed E-state index contributed by atoms with van der Waals surface area (Å²) in [5.74, 6) is 0. The van der Waals surface area contributed by atoms with Crippen LogP contribution in [0.5, 0.6) is 0 Å². The standard InChI is InChI=1S/C11H19IO/c1-2-3-4-5-7-10(12)11-8-6-9-13-11/h7,11H,2-6,8-9H2,1H3/b10-7+/t11-/m1/s1. The fourth-order valence-corrected chi connectivity index (χ4v) is 2.36. The largest absolute Gasteiger partial charge is 0.373 e. The first-order valence-electron chi connectivity index (χ1n) is 5.31. The quantitative estimate of drug-likeness (QED) is 0.549. The summed E-state index contributed by atoms with van der Waals surface area (Å²) < 4.78 is 7.02. The molecule has 1 rings (SSSR count). The zero-order valence-electron chi connectivity index (χ0n) is 8.39. The fraction of sp³-hybridized carbons (Fsp3) is 0.818. The van der Waals surface area contributed by atoms with Gasteiger partial charge in [0.25, 0.3) is 0 Å². The summed E-state index contributed by atoms with van der Waals surface area (Å²) in [7, 11) is 0. The Bertz CT molecular complexity index is 159. The van der Waals surface area contributed by atoms with Gasteiger partial charge in [0, 0.05) is 10.2 Å². The molecular formula is C11H19IO. The number of allylic oxidation sites excluding steroid dienone is 1. The molecule has 1 nitrogen and oxygen atoms in total. The third kappa shape index (κ3) is 4.45. The Labute approximate surface area is 95.1 Å². The zero-order chi connectivity index (χ0) is 9.52. The van der Waals surface area contributed by atoms with Crippen LogP contribution in [0.3, 0.4) is 0 Å². The highest BCUT2D eigenvalue weighted by molar-refractivity contribution is 14.1. The maximum Gasteiger partial charge on any atom is 0.0879 e. The van der Waals surface area contributed by atoms with E-state index in [0.717, 1.165) is 6.61 Å². The highest BCUT2D eigenvalue weighted by Gasteiger charge is 2.17. The van der Waals surface area contributed by atoms with Crippen LogP contribution in [-0.4, -0.2) is 12.7 Å². The SMILES string of the molecule is CCCCC/C=C(/I)[C@H]1CCCO1. The normalized spacial score (nSPS) is 23.8. The van der Waals surface area contributed by atoms with E-state index in [4.69, 9.17) is 4.74 Å². The first-order valence-corrected chi connectivity index (χ1v) is 6.39. The third-order valence-corrected chi connectivity index (χ3v) is 3.52. The van der Waals surface area contributed by atoms with E-state index in [1.165, 1.54) is 42.1 Å². The van der Waals surface area contributed by atoms with Crippen molar-refractivity contribution in [1.29, 1.82) is 0 Å². The predicted octanol–water partition coefficient (Wildman–Crippen LogP) is 4.06. The van der Waals surface area contributed by atoms with Crippen molar-refractivity contribution in [2.75, 3.05) is 6.61 Å². The lowest BCUT2D eigenvalue weighted by molar-refractivity contribution is 0.144. The van der Waals surface area contributed by atoms with Gasteiger partial charge in [0.1, 0.15) is 0 Å². The molecule has 0 aliphatic carbocycles. The van der Waals surface area contributed by atoms with E-state index in [1.807, 2.05) is 0 Å². The van der Waals surface area contributed by atoms with Gasteiger partial charge < -0.3 is 4.74 Å². The molecule has 0 aromatic rings. The van der Waals surface area contributed by atoms with Gasteiger partial charge in [-0.25, -0.2) is 0 Å². The smallest absolute Gasteiger partial charge is 0.0879 e. The molecule has 1 aliphatic rings. The van der Waals surface area contributed by atoms with Gasteiger partial charge in [0.2, 0.25) is 0 Å². The molecule has 0 spiro atoms. The van der Waals surface area contributed by atoms with Crippen molar-refractivity contribution in [3.05, 3.63) is 9.66 Å². The summed E-state index contributed by atoms with van der Waals surface area (Å²) >= 11 is 2.43. The molecular weight excluding hydrogens is 275 g/mol. The van der Waals surface area contributed by atoms with Crippen LogP contribution in [0.25, 0.3) is 0 Å². The molecule has 1 fully saturated rings. The maximum absolute atomic E-state index is 5.60. The summed E-state index contributed by atoms with van der Waals surface area (Å²) in [6, 6.07) is 0. The first-order chi connectivity index (χ1) is 6.34. The molecule has 1 atom stereocenters. The second-order valence-corrected chi connectivity index (χ2v) is 4.83. The average Bonchev–Trinajstić information content (AvgIpc) is 2.65. The Morgan fingerprint density at radius 1 is 1.54 bits per heavy atom. The topological polar surface area (TPSA) is 9.23 Å². The molecule has 0 saturated carbocycles. The van der Waals surface area contributed by atoms with Gasteiger partial charge in [-0.3, -0.25) is 0 Å². The Kier molecular flexibility index (Phi) is 6.04. The summed E-state index contributed by atoms with van der Waals surface area (Å²) in [6.07, 6.45) is 10.5. The number of unbranched alkanes of at least 4 members (excludes halogenated alkanes) is 3. The van der Waals surface area contributed by atoms with Crippen molar-refractivity contribution < 1.29 is 4.74 Å². The monoisotopic (exact) mass is 294 g/mol. The Morgan fingerprint density at radius 3 is 3.00 bits per heavy atom. The molecule has 0 aromatic heterocycles. The number of halogens is 1. The molecule has 13 heavy (non-hydrogen) atoms. The molecule has 1 saturated heterocycles. The van der Waals surface area contributed by atoms with E-state index in [-0.39, 0.29) is 0 Å². The van der Waals surface area contributed by atoms with Crippen LogP contribution in [0.4, 0.5) is 0 Å². The Morgan fingerprint density at radius 2 is 2.38 bits per heavy atom. The lowest BCUT2D eigenvalue weighted by Crippen LogP contribution is -2.03. The van der Waals surface area contributed by atoms with Crippen LogP contribution in [0.1, 0.15) is 45.4 Å². The first kappa shape index (κ1) is 11.5. The predicted molar refractivity (Wildman–Crippen MR) is 65.2 cm³/mol. The second-order valence-electron chi connectivity index (χ2n) is 3.59. The van der Waals surface area contributed by atoms with E-state index in [1.54, 1.807) is 0 Å². The van der Waals surface area contributed by atoms with Gasteiger partial charge in [0.15, 0.2) is 0 Å². The van der Waals surface area contributed by atoms with E-state index in [9.17, 15) is 0 Å². The van der Waals surface area contributed by atoms with Crippen LogP contribution >= 0.6 is 22.6 Å². The van der Waals surface area contributed by atoms with Gasteiger partial charge in [-0.1, -0.05) is 25.8 Å². The molecule has 0 unspecified atom stereocenters. The van der Waals surface area contributed by atoms with Gasteiger partial charge >= 0.3 is 0 Å². The van der Waals surface area contributed by atoms with E-state index in [2.05, 4.69) is 35.6 Å². The van der Waals surface area contributed by atoms with Crippen molar-refractivity contribution in [3.63, 3.8) is 0 Å². The van der Waals surface area contributed by atoms with Crippen molar-refractivity contribution in [3.8, 4) is 0 Å². The van der Waals surface area contributed by atoms with Gasteiger partial charge in [-0.05, 0) is 48.3 Å². The number of ether oxygens (including phenoxy) is 1. The average molecular weight is 294 g/mol. The van der Waals surface area contributed by atoms with E-state index < -0.39 is 0 Å². The number of hydrogen-bond acceptors (Lipinski definition) is 1. The molecule has 0 bridgehead atoms. The molecule has 1 aliphatic heterocycles. The van der Waals surface area contributed by atoms with Crippen molar-refractivity contribution in [1.82, 2.24) is 0 Å². The van der Waals surface area contributed by atoms with Crippen LogP contribution in [0.2, 0.25) is 0 Å². The second kappa shape index (κ2) is 6.82. The minimum atomic E-state index is 0.433. The maximum atomic E-state index is 5.60. The molecule has 2 heteroatoms. The molecule has 0 radical (unpaired) electrons. The molecule has 1 heterocycles. The van der Waals surface area contributed by atoms with Gasteiger partial charge in [-0.2, -0.15) is 0 Å². The van der Waals surface area contributed by atoms with Crippen LogP contribution < -0.4 is 0 Å². The van der Waals surface area contributed by atoms with Crippen LogP contribution in [0.15, 0.2) is 9.66 Å². The highest BCUT2D eigenvalue weighted by atomic mass is 127. The summed E-state index contributed by atoms with van der Waals surface area (Å²) in [4.78, 5) is 0. The Hall–Kier alpha value is 0.430. The molecule has 0 N–H and O–H groups in total. The highest BCUT2D eigenvalue weighted by Crippen LogP contribution is 2.25. The zero-order valence-corrected chi connectivity index (χ0v) is 10.5. The minimum Gasteiger partial charge on any atom is -0.373 e. The summed E-state index contributed by atoms with van der Waals surface area (Å²) in [5.41, 5.74) is 0. The lowest BCUT2D eigenvalue weighted by Gasteiger charge is -2.07. The molecule has 76 valence electrons. The van der Waals surface area contributed by atoms with Crippen molar-refractivity contribution >= 4 is 22.6 Å². The van der Waals surface area contributed by atoms with Gasteiger partial charge in [-0.15, -0.1) is 0 Å². The van der Waals surface area contributed by atoms with Crippen LogP contribution in [-0.2, 0) is 4.74 Å². The Balaban J connectivity index is 2.16. The molecule has 0 amide bonds. The summed E-state index contributed by atoms with van der Waals surface area (Å²) in [5, 5.41) is 0. The van der Waals surface area contributed by atoms with Crippen molar-refractivity contribution in [2.24, 2.45) is 0 Å². The lowest BCUT2D eigenvalue weighted by atomic mass is 10.1. The van der Waals surface area contributed by atoms with E-state index in [0.29, 0.717) is 6.10 Å². The molecule has 0 aromatic carbocycles. The number of rotatable bonds is 5. The van der Waals surface area contributed by atoms with Crippen LogP contribution in [0, 0.1) is 0 Å².